The summed E-state index contributed by atoms with van der Waals surface area (Å²) in [6.45, 7) is 4.42. The third-order valence-corrected chi connectivity index (χ3v) is 6.00. The van der Waals surface area contributed by atoms with Gasteiger partial charge < -0.3 is 9.64 Å². The Balaban J connectivity index is 1.53. The molecule has 3 heterocycles. The second kappa shape index (κ2) is 5.38. The van der Waals surface area contributed by atoms with Crippen LogP contribution in [0.25, 0.3) is 0 Å². The molecule has 3 heteroatoms. The maximum atomic E-state index is 13.1. The zero-order valence-corrected chi connectivity index (χ0v) is 13.4. The molecule has 3 nitrogen and oxygen atoms in total. The molecule has 22 heavy (non-hydrogen) atoms. The van der Waals surface area contributed by atoms with E-state index < -0.39 is 0 Å². The number of ether oxygens (including phenoxy) is 1. The van der Waals surface area contributed by atoms with Crippen LogP contribution in [0.1, 0.15) is 51.0 Å². The molecule has 0 spiro atoms. The first-order valence-electron chi connectivity index (χ1n) is 8.67. The van der Waals surface area contributed by atoms with E-state index in [2.05, 4.69) is 49.1 Å². The third kappa shape index (κ3) is 2.18. The molecule has 4 rings (SSSR count). The molecule has 0 aliphatic carbocycles. The normalized spacial score (nSPS) is 40.4. The van der Waals surface area contributed by atoms with Crippen LogP contribution >= 0.6 is 0 Å². The average Bonchev–Trinajstić information content (AvgIpc) is 3.22. The molecule has 6 unspecified atom stereocenters. The fourth-order valence-corrected chi connectivity index (χ4v) is 4.90. The summed E-state index contributed by atoms with van der Waals surface area (Å²) in [6.07, 6.45) is 4.75. The van der Waals surface area contributed by atoms with Gasteiger partial charge in [0.05, 0.1) is 18.1 Å². The third-order valence-electron chi connectivity index (χ3n) is 6.00. The second-order valence-electron chi connectivity index (χ2n) is 7.30. The van der Waals surface area contributed by atoms with Crippen molar-refractivity contribution in [1.82, 2.24) is 4.90 Å². The summed E-state index contributed by atoms with van der Waals surface area (Å²) in [5.74, 6) is 0.906. The quantitative estimate of drug-likeness (QED) is 0.838. The number of hydrogen-bond acceptors (Lipinski definition) is 2. The number of nitrogens with zero attached hydrogens (tertiary/aromatic N) is 1. The van der Waals surface area contributed by atoms with Gasteiger partial charge in [0, 0.05) is 18.0 Å². The van der Waals surface area contributed by atoms with Crippen LogP contribution in [0.2, 0.25) is 0 Å². The Morgan fingerprint density at radius 1 is 1.14 bits per heavy atom. The Kier molecular flexibility index (Phi) is 3.48. The molecule has 0 radical (unpaired) electrons. The number of likely N-dealkylation sites (tertiary alicyclic amines) is 1. The summed E-state index contributed by atoms with van der Waals surface area (Å²) in [6, 6.07) is 11.3. The lowest BCUT2D eigenvalue weighted by Gasteiger charge is -2.32. The number of benzene rings is 1. The molecule has 3 aliphatic rings. The van der Waals surface area contributed by atoms with Gasteiger partial charge in [-0.2, -0.15) is 0 Å². The van der Waals surface area contributed by atoms with E-state index in [0.29, 0.717) is 24.0 Å². The number of fused-ring (bicyclic) bond motifs is 2. The number of amides is 1. The fourth-order valence-electron chi connectivity index (χ4n) is 4.90. The van der Waals surface area contributed by atoms with E-state index in [1.54, 1.807) is 0 Å². The minimum Gasteiger partial charge on any atom is -0.374 e. The Morgan fingerprint density at radius 2 is 1.91 bits per heavy atom. The topological polar surface area (TPSA) is 29.5 Å². The molecule has 0 saturated carbocycles. The molecule has 3 aliphatic heterocycles. The SMILES string of the molecule is CC1CC(c2ccccc2)C(C)N1C(=O)C1CC2CCC1O2. The van der Waals surface area contributed by atoms with Gasteiger partial charge in [-0.05, 0) is 45.1 Å². The molecule has 6 atom stereocenters. The van der Waals surface area contributed by atoms with Crippen molar-refractivity contribution < 1.29 is 9.53 Å². The fraction of sp³-hybridized carbons (Fsp3) is 0.632. The largest absolute Gasteiger partial charge is 0.374 e. The number of hydrogen-bond donors (Lipinski definition) is 0. The zero-order chi connectivity index (χ0) is 15.3. The van der Waals surface area contributed by atoms with E-state index in [0.717, 1.165) is 25.7 Å². The molecule has 0 aromatic heterocycles. The standard InChI is InChI=1S/C19H25NO2/c1-12-10-16(14-6-4-3-5-7-14)13(2)20(12)19(21)17-11-15-8-9-18(17)22-15/h3-7,12-13,15-18H,8-11H2,1-2H3. The maximum Gasteiger partial charge on any atom is 0.228 e. The lowest BCUT2D eigenvalue weighted by molar-refractivity contribution is -0.139. The van der Waals surface area contributed by atoms with Crippen LogP contribution in [0, 0.1) is 5.92 Å². The molecular weight excluding hydrogens is 274 g/mol. The summed E-state index contributed by atoms with van der Waals surface area (Å²) in [5, 5.41) is 0. The molecule has 118 valence electrons. The van der Waals surface area contributed by atoms with Crippen molar-refractivity contribution in [2.75, 3.05) is 0 Å². The summed E-state index contributed by atoms with van der Waals surface area (Å²) in [5.41, 5.74) is 1.36. The van der Waals surface area contributed by atoms with Crippen LogP contribution in [0.3, 0.4) is 0 Å². The number of carbonyl (C=O) groups excluding carboxylic acids is 1. The Labute approximate surface area is 132 Å². The molecule has 1 amide bonds. The van der Waals surface area contributed by atoms with Crippen molar-refractivity contribution in [3.05, 3.63) is 35.9 Å². The highest BCUT2D eigenvalue weighted by Gasteiger charge is 2.49. The van der Waals surface area contributed by atoms with Crippen molar-refractivity contribution in [2.45, 2.75) is 69.7 Å². The molecule has 2 bridgehead atoms. The lowest BCUT2D eigenvalue weighted by Crippen LogP contribution is -2.45. The van der Waals surface area contributed by atoms with E-state index in [4.69, 9.17) is 4.74 Å². The predicted molar refractivity (Wildman–Crippen MR) is 85.6 cm³/mol. The first-order chi connectivity index (χ1) is 10.6. The Hall–Kier alpha value is -1.35. The van der Waals surface area contributed by atoms with Gasteiger partial charge in [-0.1, -0.05) is 30.3 Å². The van der Waals surface area contributed by atoms with Gasteiger partial charge in [-0.25, -0.2) is 0 Å². The minimum atomic E-state index is 0.109. The van der Waals surface area contributed by atoms with E-state index in [1.165, 1.54) is 5.56 Å². The predicted octanol–water partition coefficient (Wildman–Crippen LogP) is 3.35. The summed E-state index contributed by atoms with van der Waals surface area (Å²) in [4.78, 5) is 15.2. The molecule has 3 saturated heterocycles. The molecule has 0 N–H and O–H groups in total. The average molecular weight is 299 g/mol. The van der Waals surface area contributed by atoms with E-state index in [1.807, 2.05) is 0 Å². The lowest BCUT2D eigenvalue weighted by atomic mass is 9.87. The van der Waals surface area contributed by atoms with Crippen molar-refractivity contribution in [1.29, 1.82) is 0 Å². The summed E-state index contributed by atoms with van der Waals surface area (Å²) in [7, 11) is 0. The van der Waals surface area contributed by atoms with Crippen LogP contribution in [0.5, 0.6) is 0 Å². The smallest absolute Gasteiger partial charge is 0.228 e. The van der Waals surface area contributed by atoms with Gasteiger partial charge in [0.2, 0.25) is 5.91 Å². The molecule has 1 aromatic carbocycles. The number of rotatable bonds is 2. The van der Waals surface area contributed by atoms with Crippen LogP contribution in [-0.2, 0) is 9.53 Å². The van der Waals surface area contributed by atoms with Gasteiger partial charge in [0.1, 0.15) is 0 Å². The highest BCUT2D eigenvalue weighted by atomic mass is 16.5. The monoisotopic (exact) mass is 299 g/mol. The van der Waals surface area contributed by atoms with Gasteiger partial charge in [-0.15, -0.1) is 0 Å². The Morgan fingerprint density at radius 3 is 2.55 bits per heavy atom. The zero-order valence-electron chi connectivity index (χ0n) is 13.4. The number of carbonyl (C=O) groups is 1. The van der Waals surface area contributed by atoms with Crippen LogP contribution in [0.4, 0.5) is 0 Å². The van der Waals surface area contributed by atoms with Gasteiger partial charge >= 0.3 is 0 Å². The second-order valence-corrected chi connectivity index (χ2v) is 7.30. The van der Waals surface area contributed by atoms with Crippen LogP contribution in [-0.4, -0.2) is 35.1 Å². The van der Waals surface area contributed by atoms with Gasteiger partial charge in [0.25, 0.3) is 0 Å². The maximum absolute atomic E-state index is 13.1. The van der Waals surface area contributed by atoms with Gasteiger partial charge in [0.15, 0.2) is 0 Å². The van der Waals surface area contributed by atoms with Crippen molar-refractivity contribution in [3.8, 4) is 0 Å². The molecule has 3 fully saturated rings. The highest BCUT2D eigenvalue weighted by Crippen LogP contribution is 2.43. The molecule has 1 aromatic rings. The minimum absolute atomic E-state index is 0.109. The van der Waals surface area contributed by atoms with Gasteiger partial charge in [-0.3, -0.25) is 4.79 Å². The van der Waals surface area contributed by atoms with E-state index >= 15 is 0 Å². The Bertz CT molecular complexity index is 558. The van der Waals surface area contributed by atoms with Crippen LogP contribution in [0.15, 0.2) is 30.3 Å². The summed E-state index contributed by atoms with van der Waals surface area (Å²) >= 11 is 0. The van der Waals surface area contributed by atoms with Crippen molar-refractivity contribution in [3.63, 3.8) is 0 Å². The van der Waals surface area contributed by atoms with Crippen molar-refractivity contribution in [2.24, 2.45) is 5.92 Å². The summed E-state index contributed by atoms with van der Waals surface area (Å²) < 4.78 is 5.90. The van der Waals surface area contributed by atoms with E-state index in [-0.39, 0.29) is 18.1 Å². The van der Waals surface area contributed by atoms with Crippen LogP contribution < -0.4 is 0 Å². The first-order valence-corrected chi connectivity index (χ1v) is 8.67. The first kappa shape index (κ1) is 14.3. The van der Waals surface area contributed by atoms with E-state index in [9.17, 15) is 4.79 Å². The highest BCUT2D eigenvalue weighted by molar-refractivity contribution is 5.81. The van der Waals surface area contributed by atoms with Crippen molar-refractivity contribution >= 4 is 5.91 Å². The molecular formula is C19H25NO2.